The first kappa shape index (κ1) is 17.7. The number of hydrogen-bond donors (Lipinski definition) is 1. The van der Waals surface area contributed by atoms with E-state index in [2.05, 4.69) is 20.9 Å². The van der Waals surface area contributed by atoms with E-state index in [1.165, 1.54) is 19.2 Å². The number of aromatic carboxylic acids is 1. The largest absolute Gasteiger partial charge is 0.493 e. The number of carbonyl (C=O) groups excluding carboxylic acids is 1. The van der Waals surface area contributed by atoms with Gasteiger partial charge in [0.1, 0.15) is 5.33 Å². The number of carboxylic acids is 1. The third-order valence-electron chi connectivity index (χ3n) is 3.00. The molecule has 0 fully saturated rings. The van der Waals surface area contributed by atoms with Gasteiger partial charge < -0.3 is 14.6 Å². The lowest BCUT2D eigenvalue weighted by Crippen LogP contribution is -2.09. The van der Waals surface area contributed by atoms with Gasteiger partial charge >= 0.3 is 11.9 Å². The van der Waals surface area contributed by atoms with Crippen LogP contribution in [0.5, 0.6) is 11.5 Å². The van der Waals surface area contributed by atoms with E-state index in [0.717, 1.165) is 5.56 Å². The van der Waals surface area contributed by atoms with E-state index < -0.39 is 11.9 Å². The van der Waals surface area contributed by atoms with Crippen molar-refractivity contribution in [2.45, 2.75) is 0 Å². The van der Waals surface area contributed by atoms with Gasteiger partial charge in [-0.15, -0.1) is 0 Å². The molecule has 2 aromatic carbocycles. The Bertz CT molecular complexity index is 771. The van der Waals surface area contributed by atoms with Crippen LogP contribution in [-0.2, 0) is 4.79 Å². The van der Waals surface area contributed by atoms with Gasteiger partial charge in [0, 0.05) is 6.21 Å². The van der Waals surface area contributed by atoms with Crippen LogP contribution in [0.4, 0.5) is 5.69 Å². The highest BCUT2D eigenvalue weighted by Gasteiger charge is 2.09. The fourth-order valence-corrected chi connectivity index (χ4v) is 1.95. The number of methoxy groups -OCH3 is 1. The molecular formula is C17H14BrNO5. The molecule has 0 aliphatic heterocycles. The first-order chi connectivity index (χ1) is 11.5. The minimum absolute atomic E-state index is 0.0890. The van der Waals surface area contributed by atoms with Gasteiger partial charge in [-0.05, 0) is 48.0 Å². The van der Waals surface area contributed by atoms with E-state index in [1.807, 2.05) is 0 Å². The number of benzene rings is 2. The lowest BCUT2D eigenvalue weighted by Gasteiger charge is -2.08. The van der Waals surface area contributed by atoms with Crippen LogP contribution in [0, 0.1) is 0 Å². The number of rotatable bonds is 6. The second-order valence-electron chi connectivity index (χ2n) is 4.63. The molecule has 0 aromatic heterocycles. The van der Waals surface area contributed by atoms with Crippen molar-refractivity contribution in [2.75, 3.05) is 12.4 Å². The van der Waals surface area contributed by atoms with Gasteiger partial charge in [0.05, 0.1) is 18.4 Å². The minimum Gasteiger partial charge on any atom is -0.493 e. The molecule has 0 atom stereocenters. The average molecular weight is 392 g/mol. The Morgan fingerprint density at radius 3 is 2.46 bits per heavy atom. The van der Waals surface area contributed by atoms with Gasteiger partial charge in [0.2, 0.25) is 0 Å². The molecule has 6 nitrogen and oxygen atoms in total. The maximum Gasteiger partial charge on any atom is 0.335 e. The van der Waals surface area contributed by atoms with Crippen LogP contribution in [0.25, 0.3) is 0 Å². The summed E-state index contributed by atoms with van der Waals surface area (Å²) in [6, 6.07) is 11.2. The molecule has 7 heteroatoms. The van der Waals surface area contributed by atoms with E-state index in [9.17, 15) is 9.59 Å². The van der Waals surface area contributed by atoms with Crippen LogP contribution in [0.15, 0.2) is 47.5 Å². The molecule has 24 heavy (non-hydrogen) atoms. The average Bonchev–Trinajstić information content (AvgIpc) is 2.60. The van der Waals surface area contributed by atoms with Crippen LogP contribution < -0.4 is 9.47 Å². The molecule has 0 saturated heterocycles. The third-order valence-corrected chi connectivity index (χ3v) is 3.46. The number of alkyl halides is 1. The van der Waals surface area contributed by atoms with Gasteiger partial charge in [-0.1, -0.05) is 15.9 Å². The normalized spacial score (nSPS) is 10.6. The van der Waals surface area contributed by atoms with Crippen molar-refractivity contribution < 1.29 is 24.2 Å². The van der Waals surface area contributed by atoms with Gasteiger partial charge in [-0.25, -0.2) is 4.79 Å². The summed E-state index contributed by atoms with van der Waals surface area (Å²) in [4.78, 5) is 26.4. The zero-order valence-corrected chi connectivity index (χ0v) is 14.3. The van der Waals surface area contributed by atoms with Crippen molar-refractivity contribution in [1.29, 1.82) is 0 Å². The molecule has 0 aliphatic rings. The number of esters is 1. The van der Waals surface area contributed by atoms with E-state index in [0.29, 0.717) is 17.2 Å². The molecule has 0 spiro atoms. The zero-order chi connectivity index (χ0) is 17.5. The lowest BCUT2D eigenvalue weighted by molar-refractivity contribution is -0.131. The summed E-state index contributed by atoms with van der Waals surface area (Å²) in [5.74, 6) is -0.670. The highest BCUT2D eigenvalue weighted by Crippen LogP contribution is 2.28. The van der Waals surface area contributed by atoms with Crippen molar-refractivity contribution in [2.24, 2.45) is 4.99 Å². The van der Waals surface area contributed by atoms with Gasteiger partial charge in [0.25, 0.3) is 0 Å². The van der Waals surface area contributed by atoms with Crippen LogP contribution in [-0.4, -0.2) is 35.7 Å². The maximum absolute atomic E-state index is 11.3. The summed E-state index contributed by atoms with van der Waals surface area (Å²) in [5.41, 5.74) is 1.56. The number of hydrogen-bond acceptors (Lipinski definition) is 5. The summed E-state index contributed by atoms with van der Waals surface area (Å²) in [6.07, 6.45) is 1.61. The topological polar surface area (TPSA) is 85.2 Å². The van der Waals surface area contributed by atoms with E-state index >= 15 is 0 Å². The van der Waals surface area contributed by atoms with Gasteiger partial charge in [0.15, 0.2) is 11.5 Å². The number of aliphatic imine (C=N–C) groups is 1. The zero-order valence-electron chi connectivity index (χ0n) is 12.7. The molecule has 0 saturated carbocycles. The highest BCUT2D eigenvalue weighted by atomic mass is 79.9. The Morgan fingerprint density at radius 1 is 1.17 bits per heavy atom. The van der Waals surface area contributed by atoms with E-state index in [-0.39, 0.29) is 10.9 Å². The highest BCUT2D eigenvalue weighted by molar-refractivity contribution is 9.09. The van der Waals surface area contributed by atoms with Crippen molar-refractivity contribution in [1.82, 2.24) is 0 Å². The Labute approximate surface area is 146 Å². The first-order valence-corrected chi connectivity index (χ1v) is 7.97. The third kappa shape index (κ3) is 4.66. The fourth-order valence-electron chi connectivity index (χ4n) is 1.84. The molecule has 0 unspecified atom stereocenters. The Morgan fingerprint density at radius 2 is 1.88 bits per heavy atom. The summed E-state index contributed by atoms with van der Waals surface area (Å²) in [5, 5.41) is 8.95. The number of halogens is 1. The smallest absolute Gasteiger partial charge is 0.335 e. The van der Waals surface area contributed by atoms with Gasteiger partial charge in [-0.3, -0.25) is 9.79 Å². The molecule has 0 bridgehead atoms. The minimum atomic E-state index is -0.983. The molecule has 0 radical (unpaired) electrons. The number of ether oxygens (including phenoxy) is 2. The molecule has 0 amide bonds. The molecule has 2 aromatic rings. The van der Waals surface area contributed by atoms with Gasteiger partial charge in [-0.2, -0.15) is 0 Å². The van der Waals surface area contributed by atoms with Crippen LogP contribution in [0.1, 0.15) is 15.9 Å². The predicted molar refractivity (Wildman–Crippen MR) is 93.1 cm³/mol. The van der Waals surface area contributed by atoms with Crippen LogP contribution in [0.3, 0.4) is 0 Å². The summed E-state index contributed by atoms with van der Waals surface area (Å²) in [6.45, 7) is 0. The number of nitrogens with zero attached hydrogens (tertiary/aromatic N) is 1. The Kier molecular flexibility index (Phi) is 6.08. The monoisotopic (exact) mass is 391 g/mol. The Balaban J connectivity index is 2.17. The van der Waals surface area contributed by atoms with Crippen molar-refractivity contribution >= 4 is 39.8 Å². The maximum atomic E-state index is 11.3. The second-order valence-corrected chi connectivity index (χ2v) is 5.19. The van der Waals surface area contributed by atoms with Crippen LogP contribution >= 0.6 is 15.9 Å². The summed E-state index contributed by atoms with van der Waals surface area (Å²) < 4.78 is 10.3. The SMILES string of the molecule is COc1cc(C=Nc2ccc(C(=O)O)cc2)ccc1OC(=O)CBr. The first-order valence-electron chi connectivity index (χ1n) is 6.85. The van der Waals surface area contributed by atoms with Crippen molar-refractivity contribution in [3.05, 3.63) is 53.6 Å². The van der Waals surface area contributed by atoms with Crippen molar-refractivity contribution in [3.63, 3.8) is 0 Å². The van der Waals surface area contributed by atoms with E-state index in [1.54, 1.807) is 36.5 Å². The molecule has 1 N–H and O–H groups in total. The van der Waals surface area contributed by atoms with Crippen molar-refractivity contribution in [3.8, 4) is 11.5 Å². The standard InChI is InChI=1S/C17H14BrNO5/c1-23-15-8-11(2-7-14(15)24-16(20)9-18)10-19-13-5-3-12(4-6-13)17(21)22/h2-8,10H,9H2,1H3,(H,21,22). The predicted octanol–water partition coefficient (Wildman–Crippen LogP) is 3.44. The molecule has 0 aliphatic carbocycles. The summed E-state index contributed by atoms with van der Waals surface area (Å²) in [7, 11) is 1.48. The van der Waals surface area contributed by atoms with Crippen LogP contribution in [0.2, 0.25) is 0 Å². The number of carbonyl (C=O) groups is 2. The van der Waals surface area contributed by atoms with E-state index in [4.69, 9.17) is 14.6 Å². The second kappa shape index (κ2) is 8.26. The Hall–Kier alpha value is -2.67. The molecular weight excluding hydrogens is 378 g/mol. The summed E-state index contributed by atoms with van der Waals surface area (Å²) >= 11 is 3.02. The fraction of sp³-hybridized carbons (Fsp3) is 0.118. The molecule has 0 heterocycles. The lowest BCUT2D eigenvalue weighted by atomic mass is 10.2. The molecule has 2 rings (SSSR count). The quantitative estimate of drug-likeness (QED) is 0.352. The molecule has 124 valence electrons. The number of carboxylic acid groups (broad SMARTS) is 1.